The quantitative estimate of drug-likeness (QED) is 0.867. The Morgan fingerprint density at radius 2 is 2.11 bits per heavy atom. The normalized spacial score (nSPS) is 14.9. The number of aryl methyl sites for hydroxylation is 1. The van der Waals surface area contributed by atoms with E-state index in [-0.39, 0.29) is 0 Å². The number of hydrogen-bond donors (Lipinski definition) is 2. The van der Waals surface area contributed by atoms with Crippen molar-refractivity contribution in [2.75, 3.05) is 0 Å². The van der Waals surface area contributed by atoms with Crippen LogP contribution in [0.4, 0.5) is 0 Å². The van der Waals surface area contributed by atoms with Crippen LogP contribution in [0.1, 0.15) is 24.2 Å². The molecular formula is C13H16N4S. The molecule has 5 heteroatoms. The molecule has 1 aromatic carbocycles. The molecule has 0 atom stereocenters. The van der Waals surface area contributed by atoms with Crippen LogP contribution in [-0.2, 0) is 6.54 Å². The predicted octanol–water partition coefficient (Wildman–Crippen LogP) is 2.52. The number of hydrogen-bond acceptors (Lipinski definition) is 4. The summed E-state index contributed by atoms with van der Waals surface area (Å²) in [5.74, 6) is 0.850. The number of aromatic amines is 1. The summed E-state index contributed by atoms with van der Waals surface area (Å²) < 4.78 is 0. The van der Waals surface area contributed by atoms with Gasteiger partial charge in [-0.05, 0) is 49.2 Å². The van der Waals surface area contributed by atoms with Gasteiger partial charge in [-0.1, -0.05) is 12.1 Å². The van der Waals surface area contributed by atoms with Crippen molar-refractivity contribution in [2.24, 2.45) is 0 Å². The van der Waals surface area contributed by atoms with Gasteiger partial charge >= 0.3 is 0 Å². The van der Waals surface area contributed by atoms with E-state index in [4.69, 9.17) is 0 Å². The maximum absolute atomic E-state index is 4.28. The largest absolute Gasteiger partial charge is 0.310 e. The van der Waals surface area contributed by atoms with Gasteiger partial charge in [-0.25, -0.2) is 4.98 Å². The molecule has 18 heavy (non-hydrogen) atoms. The summed E-state index contributed by atoms with van der Waals surface area (Å²) in [7, 11) is 0. The number of H-pyrrole nitrogens is 1. The molecule has 2 aromatic rings. The van der Waals surface area contributed by atoms with Crippen LogP contribution in [0.3, 0.4) is 0 Å². The molecule has 1 aliphatic carbocycles. The lowest BCUT2D eigenvalue weighted by atomic mass is 10.2. The van der Waals surface area contributed by atoms with Gasteiger partial charge in [0.1, 0.15) is 5.82 Å². The zero-order valence-electron chi connectivity index (χ0n) is 10.3. The molecule has 1 heterocycles. The van der Waals surface area contributed by atoms with Crippen molar-refractivity contribution in [3.05, 3.63) is 35.7 Å². The van der Waals surface area contributed by atoms with Gasteiger partial charge in [0, 0.05) is 17.5 Å². The van der Waals surface area contributed by atoms with E-state index in [9.17, 15) is 0 Å². The standard InChI is InChI=1S/C13H16N4S/c1-9-15-13(17-16-9)18-12-6-2-10(3-7-12)8-14-11-4-5-11/h2-3,6-7,11,14H,4-5,8H2,1H3,(H,15,16,17). The molecule has 1 aromatic heterocycles. The molecule has 1 saturated carbocycles. The Kier molecular flexibility index (Phi) is 3.34. The fourth-order valence-corrected chi connectivity index (χ4v) is 2.46. The lowest BCUT2D eigenvalue weighted by molar-refractivity contribution is 0.687. The minimum atomic E-state index is 0.760. The summed E-state index contributed by atoms with van der Waals surface area (Å²) in [5.41, 5.74) is 1.33. The van der Waals surface area contributed by atoms with Crippen LogP contribution in [0.5, 0.6) is 0 Å². The Hall–Kier alpha value is -1.33. The van der Waals surface area contributed by atoms with Gasteiger partial charge in [-0.2, -0.15) is 0 Å². The van der Waals surface area contributed by atoms with E-state index >= 15 is 0 Å². The van der Waals surface area contributed by atoms with Crippen LogP contribution in [-0.4, -0.2) is 21.2 Å². The highest BCUT2D eigenvalue weighted by Gasteiger charge is 2.19. The van der Waals surface area contributed by atoms with E-state index in [0.717, 1.165) is 23.6 Å². The van der Waals surface area contributed by atoms with Crippen molar-refractivity contribution in [3.8, 4) is 0 Å². The second-order valence-corrected chi connectivity index (χ2v) is 5.65. The second-order valence-electron chi connectivity index (χ2n) is 4.60. The first kappa shape index (κ1) is 11.7. The monoisotopic (exact) mass is 260 g/mol. The van der Waals surface area contributed by atoms with E-state index in [1.807, 2.05) is 6.92 Å². The Balaban J connectivity index is 1.59. The van der Waals surface area contributed by atoms with Crippen molar-refractivity contribution in [3.63, 3.8) is 0 Å². The molecule has 0 aliphatic heterocycles. The summed E-state index contributed by atoms with van der Waals surface area (Å²) >= 11 is 1.58. The van der Waals surface area contributed by atoms with Crippen molar-refractivity contribution in [1.29, 1.82) is 0 Å². The Morgan fingerprint density at radius 3 is 2.72 bits per heavy atom. The SMILES string of the molecule is Cc1nc(Sc2ccc(CNC3CC3)cc2)n[nH]1. The van der Waals surface area contributed by atoms with Crippen molar-refractivity contribution in [2.45, 2.75) is 42.4 Å². The highest BCUT2D eigenvalue weighted by atomic mass is 32.2. The predicted molar refractivity (Wildman–Crippen MR) is 71.5 cm³/mol. The minimum absolute atomic E-state index is 0.760. The third-order valence-corrected chi connectivity index (χ3v) is 3.75. The summed E-state index contributed by atoms with van der Waals surface area (Å²) in [6, 6.07) is 9.34. The van der Waals surface area contributed by atoms with Crippen molar-refractivity contribution >= 4 is 11.8 Å². The molecule has 4 nitrogen and oxygen atoms in total. The summed E-state index contributed by atoms with van der Waals surface area (Å²) in [6.45, 7) is 2.87. The molecule has 3 rings (SSSR count). The van der Waals surface area contributed by atoms with E-state index in [1.165, 1.54) is 23.3 Å². The number of aromatic nitrogens is 3. The van der Waals surface area contributed by atoms with Gasteiger partial charge in [0.15, 0.2) is 0 Å². The zero-order valence-corrected chi connectivity index (χ0v) is 11.1. The van der Waals surface area contributed by atoms with Gasteiger partial charge in [0.25, 0.3) is 0 Å². The third kappa shape index (κ3) is 3.11. The third-order valence-electron chi connectivity index (χ3n) is 2.88. The molecule has 2 N–H and O–H groups in total. The van der Waals surface area contributed by atoms with Gasteiger partial charge in [0.05, 0.1) is 0 Å². The van der Waals surface area contributed by atoms with E-state index < -0.39 is 0 Å². The van der Waals surface area contributed by atoms with Crippen LogP contribution in [0.15, 0.2) is 34.3 Å². The lowest BCUT2D eigenvalue weighted by Gasteiger charge is -2.03. The van der Waals surface area contributed by atoms with Crippen molar-refractivity contribution < 1.29 is 0 Å². The molecule has 0 saturated heterocycles. The Labute approximate surface area is 111 Å². The highest BCUT2D eigenvalue weighted by Crippen LogP contribution is 2.25. The van der Waals surface area contributed by atoms with Gasteiger partial charge in [-0.15, -0.1) is 5.10 Å². The van der Waals surface area contributed by atoms with Gasteiger partial charge < -0.3 is 5.32 Å². The minimum Gasteiger partial charge on any atom is -0.310 e. The fourth-order valence-electron chi connectivity index (χ4n) is 1.70. The van der Waals surface area contributed by atoms with Gasteiger partial charge in [-0.3, -0.25) is 5.10 Å². The summed E-state index contributed by atoms with van der Waals surface area (Å²) in [5, 5.41) is 11.2. The number of nitrogens with zero attached hydrogens (tertiary/aromatic N) is 2. The summed E-state index contributed by atoms with van der Waals surface area (Å²) in [6.07, 6.45) is 2.66. The zero-order chi connectivity index (χ0) is 12.4. The lowest BCUT2D eigenvalue weighted by Crippen LogP contribution is -2.14. The van der Waals surface area contributed by atoms with Gasteiger partial charge in [0.2, 0.25) is 5.16 Å². The van der Waals surface area contributed by atoms with Crippen molar-refractivity contribution in [1.82, 2.24) is 20.5 Å². The maximum Gasteiger partial charge on any atom is 0.213 e. The molecule has 1 fully saturated rings. The van der Waals surface area contributed by atoms with Crippen LogP contribution in [0.25, 0.3) is 0 Å². The molecule has 0 bridgehead atoms. The highest BCUT2D eigenvalue weighted by molar-refractivity contribution is 7.99. The average molecular weight is 260 g/mol. The van der Waals surface area contributed by atoms with Crippen LogP contribution in [0.2, 0.25) is 0 Å². The fraction of sp³-hybridized carbons (Fsp3) is 0.385. The van der Waals surface area contributed by atoms with E-state index in [1.54, 1.807) is 11.8 Å². The molecule has 94 valence electrons. The van der Waals surface area contributed by atoms with Crippen LogP contribution in [0, 0.1) is 6.92 Å². The van der Waals surface area contributed by atoms with E-state index in [2.05, 4.69) is 44.8 Å². The number of rotatable bonds is 5. The second kappa shape index (κ2) is 5.12. The van der Waals surface area contributed by atoms with E-state index in [0.29, 0.717) is 0 Å². The first-order valence-corrected chi connectivity index (χ1v) is 7.00. The molecule has 0 unspecified atom stereocenters. The van der Waals surface area contributed by atoms with Crippen LogP contribution < -0.4 is 5.32 Å². The Bertz CT molecular complexity index is 516. The first-order chi connectivity index (χ1) is 8.79. The van der Waals surface area contributed by atoms with Crippen LogP contribution >= 0.6 is 11.8 Å². The topological polar surface area (TPSA) is 53.6 Å². The number of nitrogens with one attached hydrogen (secondary N) is 2. The Morgan fingerprint density at radius 1 is 1.33 bits per heavy atom. The molecule has 1 aliphatic rings. The average Bonchev–Trinajstić information content (AvgIpc) is 3.12. The molecular weight excluding hydrogens is 244 g/mol. The molecule has 0 radical (unpaired) electrons. The first-order valence-electron chi connectivity index (χ1n) is 6.19. The smallest absolute Gasteiger partial charge is 0.213 e. The summed E-state index contributed by atoms with van der Waals surface area (Å²) in [4.78, 5) is 5.45. The maximum atomic E-state index is 4.28. The molecule has 0 amide bonds. The number of benzene rings is 1. The molecule has 0 spiro atoms.